The Hall–Kier alpha value is -3.85. The van der Waals surface area contributed by atoms with Gasteiger partial charge in [0.15, 0.2) is 11.6 Å². The predicted molar refractivity (Wildman–Crippen MR) is 112 cm³/mol. The maximum atomic E-state index is 14.3. The molecule has 2 aromatic heterocycles. The number of ether oxygens (including phenoxy) is 3. The quantitative estimate of drug-likeness (QED) is 0.295. The molecule has 4 rings (SSSR count). The average Bonchev–Trinajstić information content (AvgIpc) is 3.19. The standard InChI is InChI=1S/C21H20FN5O3/c1-28-9-10-29-18-6-5-14(12-17(18)22)25-21-26-19-16(7-8-24-19)20(27-21)30-15-4-2-3-13(23)11-15/h2-8,11-12H,9-10,23H2,1H3,(H2,24,25,26,27). The Bertz CT molecular complexity index is 1160. The molecule has 0 spiro atoms. The van der Waals surface area contributed by atoms with E-state index < -0.39 is 5.82 Å². The molecule has 4 aromatic rings. The lowest BCUT2D eigenvalue weighted by Gasteiger charge is -2.11. The van der Waals surface area contributed by atoms with Crippen LogP contribution in [0.4, 0.5) is 21.7 Å². The Morgan fingerprint density at radius 2 is 2.00 bits per heavy atom. The molecule has 0 radical (unpaired) electrons. The number of H-pyrrole nitrogens is 1. The summed E-state index contributed by atoms with van der Waals surface area (Å²) < 4.78 is 30.4. The van der Waals surface area contributed by atoms with Crippen molar-refractivity contribution < 1.29 is 18.6 Å². The molecular formula is C21H20FN5O3. The molecule has 0 amide bonds. The lowest BCUT2D eigenvalue weighted by Crippen LogP contribution is -2.06. The fraction of sp³-hybridized carbons (Fsp3) is 0.143. The SMILES string of the molecule is COCCOc1ccc(Nc2nc(Oc3cccc(N)c3)c3cc[nH]c3n2)cc1F. The number of hydrogen-bond donors (Lipinski definition) is 3. The number of aromatic nitrogens is 3. The van der Waals surface area contributed by atoms with Crippen LogP contribution in [0.15, 0.2) is 54.7 Å². The van der Waals surface area contributed by atoms with Crippen molar-refractivity contribution in [1.29, 1.82) is 0 Å². The lowest BCUT2D eigenvalue weighted by molar-refractivity contribution is 0.144. The molecular weight excluding hydrogens is 389 g/mol. The van der Waals surface area contributed by atoms with Gasteiger partial charge in [-0.3, -0.25) is 0 Å². The van der Waals surface area contributed by atoms with Crippen LogP contribution in [0.25, 0.3) is 11.0 Å². The molecule has 0 saturated heterocycles. The Labute approximate surface area is 171 Å². The van der Waals surface area contributed by atoms with Gasteiger partial charge in [-0.1, -0.05) is 6.07 Å². The minimum absolute atomic E-state index is 0.143. The van der Waals surface area contributed by atoms with E-state index in [1.165, 1.54) is 12.1 Å². The lowest BCUT2D eigenvalue weighted by atomic mass is 10.3. The van der Waals surface area contributed by atoms with E-state index in [-0.39, 0.29) is 18.3 Å². The van der Waals surface area contributed by atoms with Crippen LogP contribution in [0.2, 0.25) is 0 Å². The zero-order chi connectivity index (χ0) is 20.9. The number of nitrogens with one attached hydrogen (secondary N) is 2. The summed E-state index contributed by atoms with van der Waals surface area (Å²) in [5.74, 6) is 0.772. The van der Waals surface area contributed by atoms with Crippen LogP contribution in [0, 0.1) is 5.82 Å². The highest BCUT2D eigenvalue weighted by atomic mass is 19.1. The number of nitrogen functional groups attached to an aromatic ring is 1. The van der Waals surface area contributed by atoms with Gasteiger partial charge in [0.25, 0.3) is 0 Å². The summed E-state index contributed by atoms with van der Waals surface area (Å²) in [6.07, 6.45) is 1.74. The van der Waals surface area contributed by atoms with Crippen LogP contribution in [-0.4, -0.2) is 35.3 Å². The van der Waals surface area contributed by atoms with Crippen LogP contribution in [0.5, 0.6) is 17.4 Å². The van der Waals surface area contributed by atoms with Crippen molar-refractivity contribution >= 4 is 28.4 Å². The molecule has 9 heteroatoms. The molecule has 0 unspecified atom stereocenters. The van der Waals surface area contributed by atoms with E-state index in [9.17, 15) is 4.39 Å². The third kappa shape index (κ3) is 4.41. The second-order valence-corrected chi connectivity index (χ2v) is 6.38. The van der Waals surface area contributed by atoms with Crippen LogP contribution in [0.1, 0.15) is 0 Å². The predicted octanol–water partition coefficient (Wildman–Crippen LogP) is 4.24. The highest BCUT2D eigenvalue weighted by Crippen LogP contribution is 2.30. The number of halogens is 1. The Morgan fingerprint density at radius 3 is 2.80 bits per heavy atom. The smallest absolute Gasteiger partial charge is 0.233 e. The van der Waals surface area contributed by atoms with Crippen LogP contribution in [-0.2, 0) is 4.74 Å². The molecule has 0 aliphatic rings. The molecule has 2 heterocycles. The van der Waals surface area contributed by atoms with Crippen molar-refractivity contribution in [3.8, 4) is 17.4 Å². The highest BCUT2D eigenvalue weighted by molar-refractivity contribution is 5.82. The van der Waals surface area contributed by atoms with E-state index in [0.717, 1.165) is 0 Å². The number of hydrogen-bond acceptors (Lipinski definition) is 7. The van der Waals surface area contributed by atoms with Crippen molar-refractivity contribution in [2.24, 2.45) is 0 Å². The number of aromatic amines is 1. The molecule has 0 aliphatic carbocycles. The summed E-state index contributed by atoms with van der Waals surface area (Å²) in [6, 6.07) is 13.4. The van der Waals surface area contributed by atoms with Crippen molar-refractivity contribution in [2.45, 2.75) is 0 Å². The largest absolute Gasteiger partial charge is 0.488 e. The topological polar surface area (TPSA) is 107 Å². The molecule has 8 nitrogen and oxygen atoms in total. The monoisotopic (exact) mass is 409 g/mol. The van der Waals surface area contributed by atoms with E-state index in [2.05, 4.69) is 20.3 Å². The Kier molecular flexibility index (Phi) is 5.62. The molecule has 0 fully saturated rings. The minimum atomic E-state index is -0.506. The third-order valence-electron chi connectivity index (χ3n) is 4.19. The minimum Gasteiger partial charge on any atom is -0.488 e. The molecule has 154 valence electrons. The Balaban J connectivity index is 1.58. The van der Waals surface area contributed by atoms with Crippen molar-refractivity contribution in [3.05, 3.63) is 60.5 Å². The zero-order valence-electron chi connectivity index (χ0n) is 16.2. The van der Waals surface area contributed by atoms with Crippen molar-refractivity contribution in [2.75, 3.05) is 31.4 Å². The van der Waals surface area contributed by atoms with Gasteiger partial charge in [0.05, 0.1) is 12.0 Å². The molecule has 0 saturated carbocycles. The summed E-state index contributed by atoms with van der Waals surface area (Å²) in [5.41, 5.74) is 7.44. The van der Waals surface area contributed by atoms with E-state index in [0.29, 0.717) is 40.6 Å². The second-order valence-electron chi connectivity index (χ2n) is 6.38. The van der Waals surface area contributed by atoms with E-state index in [1.54, 1.807) is 43.6 Å². The summed E-state index contributed by atoms with van der Waals surface area (Å²) in [6.45, 7) is 0.636. The first kappa shape index (κ1) is 19.5. The molecule has 30 heavy (non-hydrogen) atoms. The van der Waals surface area contributed by atoms with Crippen molar-refractivity contribution in [3.63, 3.8) is 0 Å². The van der Waals surface area contributed by atoms with Gasteiger partial charge >= 0.3 is 0 Å². The highest BCUT2D eigenvalue weighted by Gasteiger charge is 2.12. The Morgan fingerprint density at radius 1 is 1.10 bits per heavy atom. The molecule has 2 aromatic carbocycles. The summed E-state index contributed by atoms with van der Waals surface area (Å²) in [5, 5.41) is 3.70. The van der Waals surface area contributed by atoms with Gasteiger partial charge in [-0.2, -0.15) is 9.97 Å². The van der Waals surface area contributed by atoms with Gasteiger partial charge in [0, 0.05) is 36.8 Å². The number of nitrogens with zero attached hydrogens (tertiary/aromatic N) is 2. The summed E-state index contributed by atoms with van der Waals surface area (Å²) in [4.78, 5) is 11.9. The fourth-order valence-corrected chi connectivity index (χ4v) is 2.80. The van der Waals surface area contributed by atoms with Gasteiger partial charge in [-0.15, -0.1) is 0 Å². The number of methoxy groups -OCH3 is 1. The first-order chi connectivity index (χ1) is 14.6. The molecule has 0 aliphatic heterocycles. The normalized spacial score (nSPS) is 10.9. The van der Waals surface area contributed by atoms with E-state index in [1.807, 2.05) is 6.07 Å². The molecule has 4 N–H and O–H groups in total. The fourth-order valence-electron chi connectivity index (χ4n) is 2.80. The van der Waals surface area contributed by atoms with E-state index in [4.69, 9.17) is 19.9 Å². The summed E-state index contributed by atoms with van der Waals surface area (Å²) in [7, 11) is 1.55. The number of rotatable bonds is 8. The summed E-state index contributed by atoms with van der Waals surface area (Å²) >= 11 is 0. The van der Waals surface area contributed by atoms with Crippen LogP contribution >= 0.6 is 0 Å². The van der Waals surface area contributed by atoms with Gasteiger partial charge in [-0.25, -0.2) is 4.39 Å². The van der Waals surface area contributed by atoms with Gasteiger partial charge in [-0.05, 0) is 30.3 Å². The maximum absolute atomic E-state index is 14.3. The molecule has 0 bridgehead atoms. The maximum Gasteiger partial charge on any atom is 0.233 e. The number of fused-ring (bicyclic) bond motifs is 1. The van der Waals surface area contributed by atoms with Gasteiger partial charge < -0.3 is 30.2 Å². The van der Waals surface area contributed by atoms with Crippen LogP contribution < -0.4 is 20.5 Å². The average molecular weight is 409 g/mol. The first-order valence-electron chi connectivity index (χ1n) is 9.19. The number of benzene rings is 2. The van der Waals surface area contributed by atoms with Gasteiger partial charge in [0.1, 0.15) is 18.0 Å². The zero-order valence-corrected chi connectivity index (χ0v) is 16.2. The second kappa shape index (κ2) is 8.66. The first-order valence-corrected chi connectivity index (χ1v) is 9.19. The van der Waals surface area contributed by atoms with Crippen LogP contribution in [0.3, 0.4) is 0 Å². The number of nitrogens with two attached hydrogens (primary N) is 1. The van der Waals surface area contributed by atoms with Gasteiger partial charge in [0.2, 0.25) is 11.8 Å². The number of anilines is 3. The third-order valence-corrected chi connectivity index (χ3v) is 4.19. The van der Waals surface area contributed by atoms with E-state index >= 15 is 0 Å². The van der Waals surface area contributed by atoms with Crippen molar-refractivity contribution in [1.82, 2.24) is 15.0 Å². The molecule has 0 atom stereocenters.